The van der Waals surface area contributed by atoms with Gasteiger partial charge in [0.1, 0.15) is 11.3 Å². The number of carbonyl (C=O) groups excluding carboxylic acids is 2. The summed E-state index contributed by atoms with van der Waals surface area (Å²) in [6, 6.07) is 9.32. The number of aryl methyl sites for hydroxylation is 1. The number of ether oxygens (including phenoxy) is 1. The maximum absolute atomic E-state index is 11.8. The number of fused-ring (bicyclic) bond motifs is 1. The van der Waals surface area contributed by atoms with Gasteiger partial charge >= 0.3 is 0 Å². The predicted molar refractivity (Wildman–Crippen MR) is 98.5 cm³/mol. The van der Waals surface area contributed by atoms with Gasteiger partial charge in [0.25, 0.3) is 5.24 Å². The van der Waals surface area contributed by atoms with Crippen LogP contribution in [-0.2, 0) is 17.6 Å². The Kier molecular flexibility index (Phi) is 4.38. The standard InChI is InChI=1S/C19H16N2O4S/c1-2-11-9-13(25-15-5-7-20-14-6-8-24-17(14)15)4-3-12(11)10-16-18(22)21-19(23)26-16/h3-9,16H,2,10H2,1H3,(H,21,22,23). The molecule has 1 fully saturated rings. The number of thioether (sulfide) groups is 1. The molecule has 0 aliphatic carbocycles. The van der Waals surface area contributed by atoms with Gasteiger partial charge in [0.05, 0.1) is 11.5 Å². The van der Waals surface area contributed by atoms with Crippen molar-refractivity contribution in [3.63, 3.8) is 0 Å². The largest absolute Gasteiger partial charge is 0.459 e. The molecule has 3 heterocycles. The minimum atomic E-state index is -0.373. The number of imide groups is 1. The summed E-state index contributed by atoms with van der Waals surface area (Å²) in [6.07, 6.45) is 4.57. The van der Waals surface area contributed by atoms with Crippen LogP contribution in [-0.4, -0.2) is 21.4 Å². The number of carbonyl (C=O) groups is 2. The van der Waals surface area contributed by atoms with Crippen LogP contribution in [0.1, 0.15) is 18.1 Å². The third-order valence-corrected chi connectivity index (χ3v) is 5.25. The molecule has 26 heavy (non-hydrogen) atoms. The Morgan fingerprint density at radius 2 is 2.12 bits per heavy atom. The second kappa shape index (κ2) is 6.84. The molecule has 0 spiro atoms. The normalized spacial score (nSPS) is 16.9. The van der Waals surface area contributed by atoms with Gasteiger partial charge in [-0.15, -0.1) is 0 Å². The summed E-state index contributed by atoms with van der Waals surface area (Å²) in [5.41, 5.74) is 3.47. The molecule has 0 radical (unpaired) electrons. The first-order chi connectivity index (χ1) is 12.6. The first kappa shape index (κ1) is 16.7. The monoisotopic (exact) mass is 368 g/mol. The number of nitrogens with one attached hydrogen (secondary N) is 1. The molecule has 0 bridgehead atoms. The molecule has 3 aromatic rings. The molecule has 1 N–H and O–H groups in total. The molecule has 4 rings (SSSR count). The minimum absolute atomic E-state index is 0.223. The van der Waals surface area contributed by atoms with Crippen molar-refractivity contribution in [2.75, 3.05) is 0 Å². The van der Waals surface area contributed by atoms with Crippen molar-refractivity contribution in [2.45, 2.75) is 25.0 Å². The lowest BCUT2D eigenvalue weighted by Crippen LogP contribution is -2.25. The van der Waals surface area contributed by atoms with Crippen molar-refractivity contribution in [1.29, 1.82) is 0 Å². The molecule has 1 aliphatic heterocycles. The highest BCUT2D eigenvalue weighted by atomic mass is 32.2. The quantitative estimate of drug-likeness (QED) is 0.731. The number of aromatic nitrogens is 1. The molecule has 2 aromatic heterocycles. The second-order valence-electron chi connectivity index (χ2n) is 5.92. The highest BCUT2D eigenvalue weighted by Gasteiger charge is 2.31. The number of hydrogen-bond donors (Lipinski definition) is 1. The highest BCUT2D eigenvalue weighted by Crippen LogP contribution is 2.31. The smallest absolute Gasteiger partial charge is 0.286 e. The van der Waals surface area contributed by atoms with E-state index in [4.69, 9.17) is 9.15 Å². The fourth-order valence-corrected chi connectivity index (χ4v) is 3.83. The van der Waals surface area contributed by atoms with Gasteiger partial charge in [-0.2, -0.15) is 0 Å². The van der Waals surface area contributed by atoms with Crippen LogP contribution in [0.15, 0.2) is 47.2 Å². The molecular weight excluding hydrogens is 352 g/mol. The molecule has 1 atom stereocenters. The average molecular weight is 368 g/mol. The Balaban J connectivity index is 1.58. The van der Waals surface area contributed by atoms with E-state index in [1.807, 2.05) is 25.1 Å². The Morgan fingerprint density at radius 1 is 1.23 bits per heavy atom. The number of furan rings is 1. The fourth-order valence-electron chi connectivity index (χ4n) is 2.98. The van der Waals surface area contributed by atoms with E-state index in [-0.39, 0.29) is 16.4 Å². The SMILES string of the molecule is CCc1cc(Oc2ccnc3ccoc23)ccc1CC1SC(=O)NC1=O. The molecule has 7 heteroatoms. The number of hydrogen-bond acceptors (Lipinski definition) is 6. The van der Waals surface area contributed by atoms with Gasteiger partial charge in [-0.05, 0) is 36.1 Å². The molecule has 1 aliphatic rings. The lowest BCUT2D eigenvalue weighted by atomic mass is 10.00. The van der Waals surface area contributed by atoms with Crippen LogP contribution >= 0.6 is 11.8 Å². The second-order valence-corrected chi connectivity index (χ2v) is 7.09. The topological polar surface area (TPSA) is 81.4 Å². The van der Waals surface area contributed by atoms with E-state index in [1.165, 1.54) is 0 Å². The van der Waals surface area contributed by atoms with Gasteiger partial charge in [-0.25, -0.2) is 0 Å². The molecule has 6 nitrogen and oxygen atoms in total. The summed E-state index contributed by atoms with van der Waals surface area (Å²) >= 11 is 1.05. The highest BCUT2D eigenvalue weighted by molar-refractivity contribution is 8.15. The predicted octanol–water partition coefficient (Wildman–Crippen LogP) is 4.08. The summed E-state index contributed by atoms with van der Waals surface area (Å²) in [7, 11) is 0. The first-order valence-electron chi connectivity index (χ1n) is 8.27. The van der Waals surface area contributed by atoms with Crippen molar-refractivity contribution in [3.8, 4) is 11.5 Å². The summed E-state index contributed by atoms with van der Waals surface area (Å²) < 4.78 is 11.4. The summed E-state index contributed by atoms with van der Waals surface area (Å²) in [5, 5.41) is 1.68. The van der Waals surface area contributed by atoms with E-state index in [9.17, 15) is 9.59 Å². The van der Waals surface area contributed by atoms with Gasteiger partial charge in [-0.3, -0.25) is 19.9 Å². The van der Waals surface area contributed by atoms with E-state index < -0.39 is 0 Å². The zero-order chi connectivity index (χ0) is 18.1. The molecule has 1 aromatic carbocycles. The minimum Gasteiger partial charge on any atom is -0.459 e. The van der Waals surface area contributed by atoms with Gasteiger partial charge in [-0.1, -0.05) is 24.8 Å². The van der Waals surface area contributed by atoms with Gasteiger partial charge in [0, 0.05) is 18.3 Å². The Hall–Kier alpha value is -2.80. The fraction of sp³-hybridized carbons (Fsp3) is 0.211. The zero-order valence-electron chi connectivity index (χ0n) is 14.0. The van der Waals surface area contributed by atoms with Crippen LogP contribution in [0.5, 0.6) is 11.5 Å². The molecule has 132 valence electrons. The van der Waals surface area contributed by atoms with Crippen LogP contribution in [0.4, 0.5) is 4.79 Å². The lowest BCUT2D eigenvalue weighted by Gasteiger charge is -2.13. The van der Waals surface area contributed by atoms with Crippen molar-refractivity contribution in [1.82, 2.24) is 10.3 Å². The Bertz CT molecular complexity index is 998. The number of pyridine rings is 1. The van der Waals surface area contributed by atoms with Crippen molar-refractivity contribution in [2.24, 2.45) is 0 Å². The summed E-state index contributed by atoms with van der Waals surface area (Å²) in [6.45, 7) is 2.05. The molecule has 1 saturated heterocycles. The molecule has 0 saturated carbocycles. The third kappa shape index (κ3) is 3.17. The summed E-state index contributed by atoms with van der Waals surface area (Å²) in [5.74, 6) is 1.07. The van der Waals surface area contributed by atoms with Gasteiger partial charge in [0.2, 0.25) is 5.91 Å². The molecule has 1 unspecified atom stereocenters. The first-order valence-corrected chi connectivity index (χ1v) is 9.15. The van der Waals surface area contributed by atoms with E-state index in [1.54, 1.807) is 24.6 Å². The number of nitrogens with zero attached hydrogens (tertiary/aromatic N) is 1. The van der Waals surface area contributed by atoms with Crippen molar-refractivity contribution >= 4 is 34.0 Å². The van der Waals surface area contributed by atoms with Crippen LogP contribution in [0.3, 0.4) is 0 Å². The van der Waals surface area contributed by atoms with Crippen LogP contribution in [0, 0.1) is 0 Å². The van der Waals surface area contributed by atoms with Gasteiger partial charge in [0.15, 0.2) is 11.3 Å². The summed E-state index contributed by atoms with van der Waals surface area (Å²) in [4.78, 5) is 27.4. The lowest BCUT2D eigenvalue weighted by molar-refractivity contribution is -0.118. The Labute approximate surface area is 153 Å². The van der Waals surface area contributed by atoms with E-state index in [2.05, 4.69) is 10.3 Å². The number of amides is 2. The number of benzene rings is 1. The van der Waals surface area contributed by atoms with Crippen molar-refractivity contribution < 1.29 is 18.7 Å². The van der Waals surface area contributed by atoms with Crippen LogP contribution < -0.4 is 10.1 Å². The Morgan fingerprint density at radius 3 is 2.88 bits per heavy atom. The zero-order valence-corrected chi connectivity index (χ0v) is 14.8. The number of rotatable bonds is 5. The van der Waals surface area contributed by atoms with Crippen LogP contribution in [0.2, 0.25) is 0 Å². The average Bonchev–Trinajstić information content (AvgIpc) is 3.23. The van der Waals surface area contributed by atoms with Gasteiger partial charge < -0.3 is 9.15 Å². The maximum Gasteiger partial charge on any atom is 0.286 e. The maximum atomic E-state index is 11.8. The van der Waals surface area contributed by atoms with E-state index in [0.29, 0.717) is 23.5 Å². The van der Waals surface area contributed by atoms with Crippen LogP contribution in [0.25, 0.3) is 11.1 Å². The molecule has 2 amide bonds. The van der Waals surface area contributed by atoms with E-state index >= 15 is 0 Å². The third-order valence-electron chi connectivity index (χ3n) is 4.27. The van der Waals surface area contributed by atoms with Crippen molar-refractivity contribution in [3.05, 3.63) is 53.9 Å². The van der Waals surface area contributed by atoms with E-state index in [0.717, 1.165) is 34.8 Å². The molecular formula is C19H16N2O4S.